The van der Waals surface area contributed by atoms with Crippen LogP contribution in [0.3, 0.4) is 0 Å². The summed E-state index contributed by atoms with van der Waals surface area (Å²) in [6.07, 6.45) is 0. The zero-order valence-electron chi connectivity index (χ0n) is 11.9. The summed E-state index contributed by atoms with van der Waals surface area (Å²) in [5.41, 5.74) is 0.550. The topological polar surface area (TPSA) is 81.2 Å². The Morgan fingerprint density at radius 2 is 1.95 bits per heavy atom. The van der Waals surface area contributed by atoms with Crippen molar-refractivity contribution in [2.45, 2.75) is 13.8 Å². The summed E-state index contributed by atoms with van der Waals surface area (Å²) >= 11 is 0. The molecule has 2 aromatic heterocycles. The molecule has 112 valence electrons. The maximum absolute atomic E-state index is 13.5. The summed E-state index contributed by atoms with van der Waals surface area (Å²) in [6.45, 7) is 3.57. The Morgan fingerprint density at radius 3 is 2.64 bits per heavy atom. The van der Waals surface area contributed by atoms with Crippen molar-refractivity contribution in [2.75, 3.05) is 5.32 Å². The number of aryl methyl sites for hydroxylation is 2. The number of anilines is 1. The zero-order valence-corrected chi connectivity index (χ0v) is 11.9. The van der Waals surface area contributed by atoms with Crippen molar-refractivity contribution in [3.63, 3.8) is 0 Å². The van der Waals surface area contributed by atoms with Crippen LogP contribution in [0.25, 0.3) is 11.5 Å². The standard InChI is InChI=1S/C15H12FN3O3/c1-8-7-11(9(2)21-8)14-18-19-15(22-14)17-13(20)10-5-3-4-6-12(10)16/h3-7H,1-2H3,(H,17,19,20). The van der Waals surface area contributed by atoms with E-state index < -0.39 is 11.7 Å². The van der Waals surface area contributed by atoms with E-state index in [1.807, 2.05) is 0 Å². The third kappa shape index (κ3) is 2.60. The van der Waals surface area contributed by atoms with Crippen molar-refractivity contribution in [2.24, 2.45) is 0 Å². The summed E-state index contributed by atoms with van der Waals surface area (Å²) in [5, 5.41) is 9.94. The third-order valence-electron chi connectivity index (χ3n) is 3.04. The van der Waals surface area contributed by atoms with E-state index in [0.29, 0.717) is 17.1 Å². The van der Waals surface area contributed by atoms with Gasteiger partial charge in [0.25, 0.3) is 11.8 Å². The van der Waals surface area contributed by atoms with E-state index in [9.17, 15) is 9.18 Å². The summed E-state index contributed by atoms with van der Waals surface area (Å²) < 4.78 is 24.3. The van der Waals surface area contributed by atoms with Gasteiger partial charge in [-0.1, -0.05) is 17.2 Å². The Morgan fingerprint density at radius 1 is 1.18 bits per heavy atom. The minimum atomic E-state index is -0.659. The van der Waals surface area contributed by atoms with E-state index in [0.717, 1.165) is 0 Å². The second-order valence-electron chi connectivity index (χ2n) is 4.67. The van der Waals surface area contributed by atoms with Gasteiger partial charge in [0, 0.05) is 0 Å². The smallest absolute Gasteiger partial charge is 0.322 e. The highest BCUT2D eigenvalue weighted by molar-refractivity contribution is 6.03. The number of hydrogen-bond acceptors (Lipinski definition) is 5. The van der Waals surface area contributed by atoms with Crippen LogP contribution in [0.2, 0.25) is 0 Å². The molecule has 3 aromatic rings. The molecule has 7 heteroatoms. The molecule has 1 N–H and O–H groups in total. The number of nitrogens with one attached hydrogen (secondary N) is 1. The average molecular weight is 301 g/mol. The molecule has 0 radical (unpaired) electrons. The first-order valence-electron chi connectivity index (χ1n) is 6.51. The molecule has 0 saturated carbocycles. The highest BCUT2D eigenvalue weighted by Gasteiger charge is 2.17. The van der Waals surface area contributed by atoms with Crippen molar-refractivity contribution in [3.05, 3.63) is 53.2 Å². The minimum Gasteiger partial charge on any atom is -0.466 e. The Hall–Kier alpha value is -2.96. The molecule has 0 fully saturated rings. The van der Waals surface area contributed by atoms with Crippen LogP contribution in [0.5, 0.6) is 0 Å². The quantitative estimate of drug-likeness (QED) is 0.802. The second kappa shape index (κ2) is 5.44. The van der Waals surface area contributed by atoms with Gasteiger partial charge in [0.05, 0.1) is 11.1 Å². The lowest BCUT2D eigenvalue weighted by molar-refractivity contribution is 0.102. The van der Waals surface area contributed by atoms with E-state index >= 15 is 0 Å². The van der Waals surface area contributed by atoms with Gasteiger partial charge in [-0.3, -0.25) is 10.1 Å². The van der Waals surface area contributed by atoms with Crippen molar-refractivity contribution in [3.8, 4) is 11.5 Å². The summed E-state index contributed by atoms with van der Waals surface area (Å²) in [6, 6.07) is 7.28. The predicted molar refractivity (Wildman–Crippen MR) is 75.8 cm³/mol. The largest absolute Gasteiger partial charge is 0.466 e. The van der Waals surface area contributed by atoms with Crippen molar-refractivity contribution < 1.29 is 18.0 Å². The van der Waals surface area contributed by atoms with Gasteiger partial charge in [-0.05, 0) is 32.0 Å². The molecule has 0 spiro atoms. The second-order valence-corrected chi connectivity index (χ2v) is 4.67. The van der Waals surface area contributed by atoms with E-state index in [2.05, 4.69) is 15.5 Å². The van der Waals surface area contributed by atoms with Gasteiger partial charge in [-0.2, -0.15) is 0 Å². The van der Waals surface area contributed by atoms with Gasteiger partial charge in [-0.15, -0.1) is 5.10 Å². The number of aromatic nitrogens is 2. The molecule has 0 aliphatic rings. The van der Waals surface area contributed by atoms with E-state index in [4.69, 9.17) is 8.83 Å². The van der Waals surface area contributed by atoms with Crippen molar-refractivity contribution in [1.29, 1.82) is 0 Å². The van der Waals surface area contributed by atoms with Crippen LogP contribution in [0, 0.1) is 19.7 Å². The first-order chi connectivity index (χ1) is 10.5. The highest BCUT2D eigenvalue weighted by atomic mass is 19.1. The molecule has 0 atom stereocenters. The van der Waals surface area contributed by atoms with E-state index in [1.165, 1.54) is 18.2 Å². The molecule has 2 heterocycles. The predicted octanol–water partition coefficient (Wildman–Crippen LogP) is 3.34. The first-order valence-corrected chi connectivity index (χ1v) is 6.51. The SMILES string of the molecule is Cc1cc(-c2nnc(NC(=O)c3ccccc3F)o2)c(C)o1. The summed E-state index contributed by atoms with van der Waals surface area (Å²) in [7, 11) is 0. The van der Waals surface area contributed by atoms with Crippen LogP contribution in [-0.4, -0.2) is 16.1 Å². The van der Waals surface area contributed by atoms with E-state index in [1.54, 1.807) is 26.0 Å². The molecule has 0 unspecified atom stereocenters. The first kappa shape index (κ1) is 14.0. The van der Waals surface area contributed by atoms with Crippen molar-refractivity contribution >= 4 is 11.9 Å². The van der Waals surface area contributed by atoms with Gasteiger partial charge < -0.3 is 8.83 Å². The molecule has 6 nitrogen and oxygen atoms in total. The number of rotatable bonds is 3. The average Bonchev–Trinajstić information content (AvgIpc) is 3.05. The number of carbonyl (C=O) groups excluding carboxylic acids is 1. The number of furan rings is 1. The lowest BCUT2D eigenvalue weighted by Crippen LogP contribution is -2.13. The summed E-state index contributed by atoms with van der Waals surface area (Å²) in [4.78, 5) is 12.0. The fourth-order valence-electron chi connectivity index (χ4n) is 2.04. The Bertz CT molecular complexity index is 838. The highest BCUT2D eigenvalue weighted by Crippen LogP contribution is 2.26. The molecular weight excluding hydrogens is 289 g/mol. The van der Waals surface area contributed by atoms with Crippen LogP contribution < -0.4 is 5.32 Å². The fourth-order valence-corrected chi connectivity index (χ4v) is 2.04. The fraction of sp³-hybridized carbons (Fsp3) is 0.133. The van der Waals surface area contributed by atoms with Gasteiger partial charge >= 0.3 is 6.01 Å². The number of carbonyl (C=O) groups is 1. The summed E-state index contributed by atoms with van der Waals surface area (Å²) in [5.74, 6) is 0.281. The molecule has 0 bridgehead atoms. The molecular formula is C15H12FN3O3. The number of nitrogens with zero attached hydrogens (tertiary/aromatic N) is 2. The zero-order chi connectivity index (χ0) is 15.7. The third-order valence-corrected chi connectivity index (χ3v) is 3.04. The minimum absolute atomic E-state index is 0.0995. The van der Waals surface area contributed by atoms with Crippen molar-refractivity contribution in [1.82, 2.24) is 10.2 Å². The van der Waals surface area contributed by atoms with Gasteiger partial charge in [0.2, 0.25) is 0 Å². The lowest BCUT2D eigenvalue weighted by Gasteiger charge is -2.01. The van der Waals surface area contributed by atoms with Crippen LogP contribution >= 0.6 is 0 Å². The number of halogens is 1. The van der Waals surface area contributed by atoms with Crippen LogP contribution in [0.1, 0.15) is 21.9 Å². The Labute approximate surface area is 125 Å². The number of benzene rings is 1. The molecule has 0 saturated heterocycles. The van der Waals surface area contributed by atoms with Gasteiger partial charge in [0.1, 0.15) is 17.3 Å². The molecule has 1 amide bonds. The monoisotopic (exact) mass is 301 g/mol. The maximum atomic E-state index is 13.5. The number of hydrogen-bond donors (Lipinski definition) is 1. The molecule has 0 aliphatic carbocycles. The molecule has 1 aromatic carbocycles. The number of amides is 1. The lowest BCUT2D eigenvalue weighted by atomic mass is 10.2. The van der Waals surface area contributed by atoms with Crippen LogP contribution in [0.15, 0.2) is 39.2 Å². The normalized spacial score (nSPS) is 10.7. The Kier molecular flexibility index (Phi) is 3.46. The molecule has 22 heavy (non-hydrogen) atoms. The van der Waals surface area contributed by atoms with Gasteiger partial charge in [-0.25, -0.2) is 4.39 Å². The molecule has 0 aliphatic heterocycles. The van der Waals surface area contributed by atoms with Gasteiger partial charge in [0.15, 0.2) is 0 Å². The van der Waals surface area contributed by atoms with Crippen LogP contribution in [0.4, 0.5) is 10.4 Å². The molecule has 3 rings (SSSR count). The van der Waals surface area contributed by atoms with E-state index in [-0.39, 0.29) is 17.5 Å². The Balaban J connectivity index is 1.82. The van der Waals surface area contributed by atoms with Crippen LogP contribution in [-0.2, 0) is 0 Å². The maximum Gasteiger partial charge on any atom is 0.322 e.